The highest BCUT2D eigenvalue weighted by molar-refractivity contribution is 7.89. The lowest BCUT2D eigenvalue weighted by molar-refractivity contribution is -0.129. The lowest BCUT2D eigenvalue weighted by atomic mass is 10.2. The molecule has 0 aliphatic carbocycles. The van der Waals surface area contributed by atoms with Gasteiger partial charge >= 0.3 is 5.97 Å². The predicted molar refractivity (Wildman–Crippen MR) is 78.8 cm³/mol. The van der Waals surface area contributed by atoms with Gasteiger partial charge in [0.15, 0.2) is 0 Å². The SMILES string of the molecule is COC(=O)c1cccc(S(=O)(=O)N2CCN(C(C)=O)CC2)c1. The van der Waals surface area contributed by atoms with E-state index in [2.05, 4.69) is 4.74 Å². The van der Waals surface area contributed by atoms with Crippen LogP contribution in [0.5, 0.6) is 0 Å². The van der Waals surface area contributed by atoms with Crippen LogP contribution in [0.25, 0.3) is 0 Å². The van der Waals surface area contributed by atoms with Crippen LogP contribution < -0.4 is 0 Å². The van der Waals surface area contributed by atoms with E-state index in [1.165, 1.54) is 42.6 Å². The topological polar surface area (TPSA) is 84.0 Å². The van der Waals surface area contributed by atoms with Crippen molar-refractivity contribution in [3.8, 4) is 0 Å². The van der Waals surface area contributed by atoms with Crippen LogP contribution in [0.4, 0.5) is 0 Å². The van der Waals surface area contributed by atoms with Crippen LogP contribution in [0.1, 0.15) is 17.3 Å². The Morgan fingerprint density at radius 1 is 1.14 bits per heavy atom. The van der Waals surface area contributed by atoms with Crippen molar-refractivity contribution in [1.82, 2.24) is 9.21 Å². The minimum atomic E-state index is -3.69. The molecule has 1 saturated heterocycles. The van der Waals surface area contributed by atoms with E-state index >= 15 is 0 Å². The zero-order chi connectivity index (χ0) is 16.3. The molecule has 8 heteroatoms. The molecule has 22 heavy (non-hydrogen) atoms. The Bertz CT molecular complexity index is 678. The van der Waals surface area contributed by atoms with Crippen LogP contribution in [0.3, 0.4) is 0 Å². The van der Waals surface area contributed by atoms with Gasteiger partial charge in [-0.15, -0.1) is 0 Å². The van der Waals surface area contributed by atoms with E-state index in [9.17, 15) is 18.0 Å². The summed E-state index contributed by atoms with van der Waals surface area (Å²) >= 11 is 0. The highest BCUT2D eigenvalue weighted by Gasteiger charge is 2.29. The summed E-state index contributed by atoms with van der Waals surface area (Å²) in [4.78, 5) is 24.5. The molecule has 1 heterocycles. The Morgan fingerprint density at radius 2 is 1.77 bits per heavy atom. The quantitative estimate of drug-likeness (QED) is 0.747. The van der Waals surface area contributed by atoms with Crippen molar-refractivity contribution in [3.63, 3.8) is 0 Å². The van der Waals surface area contributed by atoms with Gasteiger partial charge in [-0.1, -0.05) is 6.07 Å². The number of methoxy groups -OCH3 is 1. The summed E-state index contributed by atoms with van der Waals surface area (Å²) in [6.45, 7) is 2.68. The number of nitrogens with zero attached hydrogens (tertiary/aromatic N) is 2. The molecule has 120 valence electrons. The van der Waals surface area contributed by atoms with Crippen LogP contribution in [0, 0.1) is 0 Å². The van der Waals surface area contributed by atoms with Crippen molar-refractivity contribution >= 4 is 21.9 Å². The Balaban J connectivity index is 2.21. The third-order valence-electron chi connectivity index (χ3n) is 3.58. The summed E-state index contributed by atoms with van der Waals surface area (Å²) in [6.07, 6.45) is 0. The minimum absolute atomic E-state index is 0.0478. The smallest absolute Gasteiger partial charge is 0.337 e. The van der Waals surface area contributed by atoms with Gasteiger partial charge in [-0.05, 0) is 18.2 Å². The molecule has 0 atom stereocenters. The summed E-state index contributed by atoms with van der Waals surface area (Å²) in [5.74, 6) is -0.650. The first-order valence-corrected chi connectivity index (χ1v) is 8.24. The zero-order valence-electron chi connectivity index (χ0n) is 12.5. The molecule has 0 bridgehead atoms. The molecule has 1 amide bonds. The summed E-state index contributed by atoms with van der Waals surface area (Å²) in [5.41, 5.74) is 0.186. The van der Waals surface area contributed by atoms with E-state index in [1.807, 2.05) is 0 Å². The molecular weight excluding hydrogens is 308 g/mol. The second-order valence-electron chi connectivity index (χ2n) is 4.93. The third-order valence-corrected chi connectivity index (χ3v) is 5.47. The Kier molecular flexibility index (Phi) is 4.82. The number of piperazine rings is 1. The molecule has 0 N–H and O–H groups in total. The lowest BCUT2D eigenvalue weighted by Gasteiger charge is -2.33. The van der Waals surface area contributed by atoms with Gasteiger partial charge in [0.05, 0.1) is 17.6 Å². The molecule has 1 aromatic carbocycles. The van der Waals surface area contributed by atoms with Gasteiger partial charge < -0.3 is 9.64 Å². The lowest BCUT2D eigenvalue weighted by Crippen LogP contribution is -2.49. The van der Waals surface area contributed by atoms with Gasteiger partial charge in [-0.2, -0.15) is 4.31 Å². The average molecular weight is 326 g/mol. The van der Waals surface area contributed by atoms with Crippen molar-refractivity contribution in [2.45, 2.75) is 11.8 Å². The minimum Gasteiger partial charge on any atom is -0.465 e. The van der Waals surface area contributed by atoms with Crippen LogP contribution in [0.15, 0.2) is 29.2 Å². The number of hydrogen-bond donors (Lipinski definition) is 0. The molecule has 1 aliphatic heterocycles. The molecule has 1 fully saturated rings. The number of amides is 1. The van der Waals surface area contributed by atoms with Gasteiger partial charge in [-0.3, -0.25) is 4.79 Å². The molecule has 1 aliphatic rings. The third kappa shape index (κ3) is 3.28. The van der Waals surface area contributed by atoms with E-state index in [0.717, 1.165) is 0 Å². The molecule has 2 rings (SSSR count). The first kappa shape index (κ1) is 16.4. The Hall–Kier alpha value is -1.93. The van der Waals surface area contributed by atoms with Crippen molar-refractivity contribution in [1.29, 1.82) is 0 Å². The fourth-order valence-corrected chi connectivity index (χ4v) is 3.76. The number of esters is 1. The maximum Gasteiger partial charge on any atom is 0.337 e. The van der Waals surface area contributed by atoms with Gasteiger partial charge in [-0.25, -0.2) is 13.2 Å². The summed E-state index contributed by atoms with van der Waals surface area (Å²) in [7, 11) is -2.45. The number of sulfonamides is 1. The number of carbonyl (C=O) groups excluding carboxylic acids is 2. The molecule has 0 unspecified atom stereocenters. The second kappa shape index (κ2) is 6.45. The molecule has 7 nitrogen and oxygen atoms in total. The van der Waals surface area contributed by atoms with E-state index in [-0.39, 0.29) is 29.5 Å². The molecule has 0 aromatic heterocycles. The first-order valence-electron chi connectivity index (χ1n) is 6.80. The number of carbonyl (C=O) groups is 2. The van der Waals surface area contributed by atoms with Crippen molar-refractivity contribution in [3.05, 3.63) is 29.8 Å². The highest BCUT2D eigenvalue weighted by Crippen LogP contribution is 2.19. The fraction of sp³-hybridized carbons (Fsp3) is 0.429. The van der Waals surface area contributed by atoms with Gasteiger partial charge in [0.1, 0.15) is 0 Å². The molecule has 1 aromatic rings. The monoisotopic (exact) mass is 326 g/mol. The van der Waals surface area contributed by atoms with Crippen molar-refractivity contribution in [2.24, 2.45) is 0 Å². The summed E-state index contributed by atoms with van der Waals surface area (Å²) in [6, 6.07) is 5.75. The first-order chi connectivity index (χ1) is 10.4. The maximum absolute atomic E-state index is 12.6. The standard InChI is InChI=1S/C14H18N2O5S/c1-11(17)15-6-8-16(9-7-15)22(19,20)13-5-3-4-12(10-13)14(18)21-2/h3-5,10H,6-9H2,1-2H3. The van der Waals surface area contributed by atoms with Crippen LogP contribution in [0.2, 0.25) is 0 Å². The van der Waals surface area contributed by atoms with Crippen LogP contribution in [-0.2, 0) is 19.6 Å². The number of benzene rings is 1. The highest BCUT2D eigenvalue weighted by atomic mass is 32.2. The number of rotatable bonds is 3. The number of hydrogen-bond acceptors (Lipinski definition) is 5. The molecule has 0 spiro atoms. The Morgan fingerprint density at radius 3 is 2.32 bits per heavy atom. The molecule has 0 saturated carbocycles. The second-order valence-corrected chi connectivity index (χ2v) is 6.87. The van der Waals surface area contributed by atoms with Crippen molar-refractivity contribution < 1.29 is 22.7 Å². The fourth-order valence-electron chi connectivity index (χ4n) is 2.29. The van der Waals surface area contributed by atoms with E-state index < -0.39 is 16.0 Å². The van der Waals surface area contributed by atoms with Gasteiger partial charge in [0, 0.05) is 33.1 Å². The predicted octanol–water partition coefficient (Wildman–Crippen LogP) is 0.326. The summed E-state index contributed by atoms with van der Waals surface area (Å²) in [5, 5.41) is 0. The maximum atomic E-state index is 12.6. The van der Waals surface area contributed by atoms with Crippen LogP contribution >= 0.6 is 0 Å². The molecule has 0 radical (unpaired) electrons. The van der Waals surface area contributed by atoms with Gasteiger partial charge in [0.2, 0.25) is 15.9 Å². The zero-order valence-corrected chi connectivity index (χ0v) is 13.3. The van der Waals surface area contributed by atoms with Gasteiger partial charge in [0.25, 0.3) is 0 Å². The van der Waals surface area contributed by atoms with E-state index in [4.69, 9.17) is 0 Å². The van der Waals surface area contributed by atoms with Crippen LogP contribution in [-0.4, -0.2) is 62.8 Å². The average Bonchev–Trinajstić information content (AvgIpc) is 2.54. The van der Waals surface area contributed by atoms with E-state index in [1.54, 1.807) is 4.90 Å². The van der Waals surface area contributed by atoms with E-state index in [0.29, 0.717) is 13.1 Å². The molecular formula is C14H18N2O5S. The van der Waals surface area contributed by atoms with Crippen molar-refractivity contribution in [2.75, 3.05) is 33.3 Å². The summed E-state index contributed by atoms with van der Waals surface area (Å²) < 4.78 is 31.1. The Labute approximate surface area is 129 Å². The largest absolute Gasteiger partial charge is 0.465 e. The number of ether oxygens (including phenoxy) is 1. The normalized spacial score (nSPS) is 16.4.